The van der Waals surface area contributed by atoms with Gasteiger partial charge in [0.2, 0.25) is 0 Å². The zero-order chi connectivity index (χ0) is 11.8. The molecule has 88 valence electrons. The lowest BCUT2D eigenvalue weighted by atomic mass is 9.63. The van der Waals surface area contributed by atoms with Crippen LogP contribution in [0.5, 0.6) is 0 Å². The van der Waals surface area contributed by atoms with Crippen LogP contribution in [0, 0.1) is 11.3 Å². The number of nitrogens with one attached hydrogen (secondary N) is 1. The van der Waals surface area contributed by atoms with E-state index in [4.69, 9.17) is 0 Å². The number of hydrogen-bond donors (Lipinski definition) is 1. The molecule has 1 aliphatic carbocycles. The highest BCUT2D eigenvalue weighted by atomic mass is 32.2. The second kappa shape index (κ2) is 4.24. The minimum absolute atomic E-state index is 0.134. The standard InChI is InChI=1S/C12H18N2OS/c1-8(2)12(3)6-9(7-12)16-11-5-4-10(15)13-14-11/h4-5,8-9H,6-7H2,1-3H3,(H,13,15). The van der Waals surface area contributed by atoms with Gasteiger partial charge in [-0.3, -0.25) is 4.79 Å². The minimum Gasteiger partial charge on any atom is -0.268 e. The summed E-state index contributed by atoms with van der Waals surface area (Å²) in [7, 11) is 0. The van der Waals surface area contributed by atoms with Gasteiger partial charge in [0.05, 0.1) is 0 Å². The number of hydrogen-bond acceptors (Lipinski definition) is 3. The first-order chi connectivity index (χ1) is 7.49. The van der Waals surface area contributed by atoms with Crippen LogP contribution in [0.4, 0.5) is 0 Å². The molecule has 0 unspecified atom stereocenters. The smallest absolute Gasteiger partial charge is 0.264 e. The summed E-state index contributed by atoms with van der Waals surface area (Å²) in [5, 5.41) is 8.07. The molecule has 0 radical (unpaired) electrons. The van der Waals surface area contributed by atoms with Crippen molar-refractivity contribution in [2.45, 2.75) is 43.9 Å². The molecule has 1 fully saturated rings. The number of nitrogens with zero attached hydrogens (tertiary/aromatic N) is 1. The van der Waals surface area contributed by atoms with Crippen molar-refractivity contribution in [1.82, 2.24) is 10.2 Å². The van der Waals surface area contributed by atoms with E-state index in [1.54, 1.807) is 17.8 Å². The van der Waals surface area contributed by atoms with Crippen LogP contribution in [-0.4, -0.2) is 15.4 Å². The van der Waals surface area contributed by atoms with Gasteiger partial charge in [0, 0.05) is 11.3 Å². The minimum atomic E-state index is -0.134. The molecule has 2 rings (SSSR count). The Morgan fingerprint density at radius 3 is 2.69 bits per heavy atom. The Morgan fingerprint density at radius 2 is 2.19 bits per heavy atom. The largest absolute Gasteiger partial charge is 0.268 e. The lowest BCUT2D eigenvalue weighted by Gasteiger charge is -2.48. The van der Waals surface area contributed by atoms with E-state index >= 15 is 0 Å². The van der Waals surface area contributed by atoms with Crippen LogP contribution in [0.3, 0.4) is 0 Å². The first-order valence-electron chi connectivity index (χ1n) is 5.72. The van der Waals surface area contributed by atoms with Crippen molar-refractivity contribution in [2.24, 2.45) is 11.3 Å². The Morgan fingerprint density at radius 1 is 1.50 bits per heavy atom. The highest BCUT2D eigenvalue weighted by Gasteiger charge is 2.42. The SMILES string of the molecule is CC(C)C1(C)CC(Sc2ccc(=O)[nH]n2)C1. The molecule has 0 aliphatic heterocycles. The van der Waals surface area contributed by atoms with Crippen LogP contribution in [0.15, 0.2) is 22.0 Å². The van der Waals surface area contributed by atoms with Crippen molar-refractivity contribution >= 4 is 11.8 Å². The average molecular weight is 238 g/mol. The quantitative estimate of drug-likeness (QED) is 0.880. The van der Waals surface area contributed by atoms with E-state index in [1.807, 2.05) is 0 Å². The number of thioether (sulfide) groups is 1. The van der Waals surface area contributed by atoms with Crippen LogP contribution in [-0.2, 0) is 0 Å². The van der Waals surface area contributed by atoms with Crippen molar-refractivity contribution in [3.63, 3.8) is 0 Å². The highest BCUT2D eigenvalue weighted by molar-refractivity contribution is 7.99. The van der Waals surface area contributed by atoms with Gasteiger partial charge in [-0.2, -0.15) is 5.10 Å². The van der Waals surface area contributed by atoms with Gasteiger partial charge in [-0.1, -0.05) is 20.8 Å². The van der Waals surface area contributed by atoms with Gasteiger partial charge < -0.3 is 0 Å². The van der Waals surface area contributed by atoms with E-state index < -0.39 is 0 Å². The molecule has 1 heterocycles. The number of aromatic amines is 1. The molecular formula is C12H18N2OS. The summed E-state index contributed by atoms with van der Waals surface area (Å²) in [6.07, 6.45) is 2.49. The van der Waals surface area contributed by atoms with Crippen molar-refractivity contribution < 1.29 is 0 Å². The van der Waals surface area contributed by atoms with E-state index in [1.165, 1.54) is 18.9 Å². The third kappa shape index (κ3) is 2.32. The average Bonchev–Trinajstić information content (AvgIpc) is 2.18. The Balaban J connectivity index is 1.90. The monoisotopic (exact) mass is 238 g/mol. The normalized spacial score (nSPS) is 29.1. The van der Waals surface area contributed by atoms with E-state index in [-0.39, 0.29) is 5.56 Å². The lowest BCUT2D eigenvalue weighted by Crippen LogP contribution is -2.40. The van der Waals surface area contributed by atoms with Gasteiger partial charge >= 0.3 is 0 Å². The molecule has 0 aromatic carbocycles. The number of H-pyrrole nitrogens is 1. The summed E-state index contributed by atoms with van der Waals surface area (Å²) in [6, 6.07) is 3.34. The molecule has 4 heteroatoms. The van der Waals surface area contributed by atoms with Gasteiger partial charge in [-0.15, -0.1) is 11.8 Å². The molecule has 1 saturated carbocycles. The highest BCUT2D eigenvalue weighted by Crippen LogP contribution is 2.52. The van der Waals surface area contributed by atoms with Gasteiger partial charge in [0.15, 0.2) is 0 Å². The predicted octanol–water partition coefficient (Wildman–Crippen LogP) is 2.69. The van der Waals surface area contributed by atoms with Gasteiger partial charge in [-0.05, 0) is 30.2 Å². The fourth-order valence-corrected chi connectivity index (χ4v) is 3.62. The lowest BCUT2D eigenvalue weighted by molar-refractivity contribution is 0.101. The van der Waals surface area contributed by atoms with Crippen molar-refractivity contribution in [3.05, 3.63) is 22.5 Å². The van der Waals surface area contributed by atoms with E-state index in [2.05, 4.69) is 31.0 Å². The van der Waals surface area contributed by atoms with Crippen LogP contribution in [0.25, 0.3) is 0 Å². The van der Waals surface area contributed by atoms with E-state index in [0.29, 0.717) is 10.7 Å². The maximum absolute atomic E-state index is 10.9. The van der Waals surface area contributed by atoms with Crippen LogP contribution < -0.4 is 5.56 Å². The molecule has 16 heavy (non-hydrogen) atoms. The maximum atomic E-state index is 10.9. The predicted molar refractivity (Wildman–Crippen MR) is 66.7 cm³/mol. The summed E-state index contributed by atoms with van der Waals surface area (Å²) in [6.45, 7) is 6.94. The molecule has 1 aromatic heterocycles. The zero-order valence-electron chi connectivity index (χ0n) is 9.99. The molecule has 1 aromatic rings. The molecule has 3 nitrogen and oxygen atoms in total. The summed E-state index contributed by atoms with van der Waals surface area (Å²) < 4.78 is 0. The zero-order valence-corrected chi connectivity index (χ0v) is 10.8. The molecule has 0 bridgehead atoms. The summed E-state index contributed by atoms with van der Waals surface area (Å²) >= 11 is 1.78. The molecule has 1 N–H and O–H groups in total. The second-order valence-electron chi connectivity index (χ2n) is 5.22. The topological polar surface area (TPSA) is 45.8 Å². The van der Waals surface area contributed by atoms with Crippen molar-refractivity contribution in [1.29, 1.82) is 0 Å². The Labute approximate surface area is 100 Å². The van der Waals surface area contributed by atoms with Gasteiger partial charge in [-0.25, -0.2) is 5.10 Å². The Hall–Kier alpha value is -0.770. The number of rotatable bonds is 3. The summed E-state index contributed by atoms with van der Waals surface area (Å²) in [4.78, 5) is 10.9. The fraction of sp³-hybridized carbons (Fsp3) is 0.667. The third-order valence-electron chi connectivity index (χ3n) is 3.72. The molecule has 1 aliphatic rings. The molecular weight excluding hydrogens is 220 g/mol. The van der Waals surface area contributed by atoms with Crippen LogP contribution >= 0.6 is 11.8 Å². The van der Waals surface area contributed by atoms with Gasteiger partial charge in [0.25, 0.3) is 5.56 Å². The molecule has 0 spiro atoms. The fourth-order valence-electron chi connectivity index (χ4n) is 2.10. The van der Waals surface area contributed by atoms with E-state index in [9.17, 15) is 4.79 Å². The molecule has 0 saturated heterocycles. The van der Waals surface area contributed by atoms with Crippen molar-refractivity contribution in [2.75, 3.05) is 0 Å². The molecule has 0 atom stereocenters. The Kier molecular flexibility index (Phi) is 3.10. The van der Waals surface area contributed by atoms with Crippen LogP contribution in [0.1, 0.15) is 33.6 Å². The van der Waals surface area contributed by atoms with E-state index in [0.717, 1.165) is 10.9 Å². The first kappa shape index (κ1) is 11.7. The van der Waals surface area contributed by atoms with Crippen LogP contribution in [0.2, 0.25) is 0 Å². The third-order valence-corrected chi connectivity index (χ3v) is 4.86. The summed E-state index contributed by atoms with van der Waals surface area (Å²) in [5.74, 6) is 0.743. The van der Waals surface area contributed by atoms with Gasteiger partial charge in [0.1, 0.15) is 5.03 Å². The first-order valence-corrected chi connectivity index (χ1v) is 6.60. The van der Waals surface area contributed by atoms with Crippen molar-refractivity contribution in [3.8, 4) is 0 Å². The maximum Gasteiger partial charge on any atom is 0.264 e. The summed E-state index contributed by atoms with van der Waals surface area (Å²) in [5.41, 5.74) is 0.366. The molecule has 0 amide bonds. The Bertz CT molecular complexity index is 401. The second-order valence-corrected chi connectivity index (χ2v) is 6.54. The number of aromatic nitrogens is 2.